The molecule has 11 nitrogen and oxygen atoms in total. The Labute approximate surface area is 262 Å². The number of hydrogen-bond donors (Lipinski definition) is 1. The number of halogens is 1. The molecule has 7 rings (SSSR count). The van der Waals surface area contributed by atoms with Crippen LogP contribution in [0.2, 0.25) is 0 Å². The molecule has 3 aliphatic rings. The van der Waals surface area contributed by atoms with Gasteiger partial charge in [0, 0.05) is 44.3 Å². The van der Waals surface area contributed by atoms with Crippen molar-refractivity contribution in [2.24, 2.45) is 0 Å². The third kappa shape index (κ3) is 5.01. The Bertz CT molecular complexity index is 1740. The molecule has 4 aromatic rings. The molecule has 1 N–H and O–H groups in total. The van der Waals surface area contributed by atoms with Crippen molar-refractivity contribution in [2.75, 3.05) is 56.1 Å². The van der Waals surface area contributed by atoms with Crippen LogP contribution in [0.5, 0.6) is 0 Å². The van der Waals surface area contributed by atoms with Crippen molar-refractivity contribution in [1.29, 1.82) is 5.26 Å². The third-order valence-corrected chi connectivity index (χ3v) is 11.2. The van der Waals surface area contributed by atoms with Crippen LogP contribution in [0.15, 0.2) is 24.3 Å². The smallest absolute Gasteiger partial charge is 0.236 e. The molecule has 230 valence electrons. The summed E-state index contributed by atoms with van der Waals surface area (Å²) in [6.45, 7) is 5.90. The lowest BCUT2D eigenvalue weighted by atomic mass is 9.85. The number of nitrogens with zero attached hydrogens (tertiary/aromatic N) is 9. The second-order valence-electron chi connectivity index (χ2n) is 11.9. The summed E-state index contributed by atoms with van der Waals surface area (Å²) in [5, 5.41) is 26.1. The number of hydrogen-bond acceptors (Lipinski definition) is 11. The molecule has 44 heavy (non-hydrogen) atoms. The highest BCUT2D eigenvalue weighted by Gasteiger charge is 2.46. The van der Waals surface area contributed by atoms with Crippen molar-refractivity contribution in [1.82, 2.24) is 29.4 Å². The summed E-state index contributed by atoms with van der Waals surface area (Å²) in [5.74, 6) is 0.575. The SMILES string of the molecule is CCc1nc2sc(N3CCC4(CCCCN4CC(=O)N4CC(O)C4)C3)nn2c1N(C)c1nc(-c2ccc(F)cc2)c(C#N)s1. The summed E-state index contributed by atoms with van der Waals surface area (Å²) in [4.78, 5) is 32.3. The number of anilines is 3. The van der Waals surface area contributed by atoms with E-state index >= 15 is 0 Å². The van der Waals surface area contributed by atoms with Gasteiger partial charge < -0.3 is 19.8 Å². The maximum absolute atomic E-state index is 13.5. The Morgan fingerprint density at radius 3 is 2.70 bits per heavy atom. The zero-order valence-electron chi connectivity index (χ0n) is 24.7. The molecule has 1 unspecified atom stereocenters. The molecule has 1 amide bonds. The monoisotopic (exact) mass is 635 g/mol. The first-order chi connectivity index (χ1) is 21.3. The van der Waals surface area contributed by atoms with Gasteiger partial charge in [-0.05, 0) is 56.5 Å². The number of aryl methyl sites for hydroxylation is 1. The number of carbonyl (C=O) groups is 1. The van der Waals surface area contributed by atoms with Crippen LogP contribution < -0.4 is 9.80 Å². The normalized spacial score (nSPS) is 20.9. The summed E-state index contributed by atoms with van der Waals surface area (Å²) in [6, 6.07) is 8.26. The molecule has 1 aromatic carbocycles. The van der Waals surface area contributed by atoms with Crippen molar-refractivity contribution in [3.05, 3.63) is 40.7 Å². The lowest BCUT2D eigenvalue weighted by Gasteiger charge is -2.46. The number of likely N-dealkylation sites (tertiary alicyclic amines) is 2. The van der Waals surface area contributed by atoms with Gasteiger partial charge >= 0.3 is 0 Å². The molecule has 3 aromatic heterocycles. The first-order valence-corrected chi connectivity index (χ1v) is 16.7. The van der Waals surface area contributed by atoms with Crippen LogP contribution in [0.1, 0.15) is 43.2 Å². The van der Waals surface area contributed by atoms with E-state index in [0.717, 1.165) is 66.9 Å². The number of fused-ring (bicyclic) bond motifs is 1. The minimum Gasteiger partial charge on any atom is -0.389 e. The molecule has 0 saturated carbocycles. The third-order valence-electron chi connectivity index (χ3n) is 9.15. The van der Waals surface area contributed by atoms with Gasteiger partial charge in [0.05, 0.1) is 18.3 Å². The standard InChI is InChI=1S/C30H34FN9O2S2/c1-3-22-26(36(2)27-34-25(23(14-32)43-27)19-6-8-20(31)9-7-19)40-28(33-22)44-29(35-40)37-13-11-30(18-37)10-4-5-12-39(30)17-24(42)38-15-21(41)16-38/h6-9,21,41H,3-5,10-13,15-18H2,1-2H3. The number of thiazole rings is 1. The molecule has 1 spiro atoms. The zero-order chi connectivity index (χ0) is 30.6. The van der Waals surface area contributed by atoms with Crippen LogP contribution in [0.25, 0.3) is 16.2 Å². The van der Waals surface area contributed by atoms with E-state index in [1.54, 1.807) is 28.4 Å². The summed E-state index contributed by atoms with van der Waals surface area (Å²) < 4.78 is 15.4. The number of benzene rings is 1. The van der Waals surface area contributed by atoms with E-state index in [-0.39, 0.29) is 17.3 Å². The lowest BCUT2D eigenvalue weighted by molar-refractivity contribution is -0.144. The highest BCUT2D eigenvalue weighted by atomic mass is 32.1. The lowest BCUT2D eigenvalue weighted by Crippen LogP contribution is -2.60. The fraction of sp³-hybridized carbons (Fsp3) is 0.500. The van der Waals surface area contributed by atoms with E-state index in [1.807, 2.05) is 16.5 Å². The van der Waals surface area contributed by atoms with Crippen LogP contribution in [-0.4, -0.2) is 98.4 Å². The Morgan fingerprint density at radius 1 is 1.18 bits per heavy atom. The van der Waals surface area contributed by atoms with Crippen molar-refractivity contribution in [3.8, 4) is 17.3 Å². The molecule has 0 radical (unpaired) electrons. The topological polar surface area (TPSA) is 117 Å². The molecule has 1 atom stereocenters. The van der Waals surface area contributed by atoms with Crippen molar-refractivity contribution >= 4 is 49.6 Å². The van der Waals surface area contributed by atoms with Gasteiger partial charge in [-0.2, -0.15) is 9.78 Å². The van der Waals surface area contributed by atoms with Gasteiger partial charge in [-0.15, -0.1) is 5.10 Å². The largest absolute Gasteiger partial charge is 0.389 e. The van der Waals surface area contributed by atoms with Gasteiger partial charge in [0.15, 0.2) is 10.9 Å². The molecule has 3 fully saturated rings. The molecule has 0 aliphatic carbocycles. The fourth-order valence-corrected chi connectivity index (χ4v) is 8.48. The Kier molecular flexibility index (Phi) is 7.52. The Balaban J connectivity index is 1.15. The van der Waals surface area contributed by atoms with Crippen LogP contribution >= 0.6 is 22.7 Å². The number of aliphatic hydroxyl groups excluding tert-OH is 1. The number of nitriles is 1. The molecule has 0 bridgehead atoms. The minimum absolute atomic E-state index is 0.0648. The highest BCUT2D eigenvalue weighted by molar-refractivity contribution is 7.20. The highest BCUT2D eigenvalue weighted by Crippen LogP contribution is 2.41. The van der Waals surface area contributed by atoms with Gasteiger partial charge in [0.1, 0.15) is 22.5 Å². The first kappa shape index (κ1) is 29.1. The number of amides is 1. The van der Waals surface area contributed by atoms with Gasteiger partial charge in [-0.25, -0.2) is 14.4 Å². The average Bonchev–Trinajstić information content (AvgIpc) is 3.79. The minimum atomic E-state index is -0.391. The maximum Gasteiger partial charge on any atom is 0.236 e. The zero-order valence-corrected chi connectivity index (χ0v) is 26.4. The summed E-state index contributed by atoms with van der Waals surface area (Å²) in [7, 11) is 1.91. The van der Waals surface area contributed by atoms with Gasteiger partial charge in [-0.3, -0.25) is 9.69 Å². The molecule has 14 heteroatoms. The van der Waals surface area contributed by atoms with Crippen LogP contribution in [-0.2, 0) is 11.2 Å². The molecule has 3 aliphatic heterocycles. The van der Waals surface area contributed by atoms with Gasteiger partial charge in [-0.1, -0.05) is 36.0 Å². The summed E-state index contributed by atoms with van der Waals surface area (Å²) in [6.07, 6.45) is 4.58. The Morgan fingerprint density at radius 2 is 1.98 bits per heavy atom. The van der Waals surface area contributed by atoms with Crippen molar-refractivity contribution in [2.45, 2.75) is 50.7 Å². The van der Waals surface area contributed by atoms with E-state index < -0.39 is 6.10 Å². The number of carbonyl (C=O) groups excluding carboxylic acids is 1. The second-order valence-corrected chi connectivity index (χ2v) is 13.8. The quantitative estimate of drug-likeness (QED) is 0.323. The first-order valence-electron chi connectivity index (χ1n) is 15.0. The van der Waals surface area contributed by atoms with Crippen LogP contribution in [0.4, 0.5) is 20.5 Å². The second kappa shape index (κ2) is 11.4. The number of aromatic nitrogens is 4. The Hall–Kier alpha value is -3.64. The fourth-order valence-electron chi connectivity index (χ4n) is 6.70. The van der Waals surface area contributed by atoms with E-state index in [9.17, 15) is 19.6 Å². The number of piperidine rings is 1. The molecular formula is C30H34FN9O2S2. The van der Waals surface area contributed by atoms with Crippen molar-refractivity contribution in [3.63, 3.8) is 0 Å². The predicted molar refractivity (Wildman–Crippen MR) is 168 cm³/mol. The van der Waals surface area contributed by atoms with E-state index in [1.165, 1.54) is 23.5 Å². The number of aliphatic hydroxyl groups is 1. The van der Waals surface area contributed by atoms with E-state index in [0.29, 0.717) is 47.3 Å². The van der Waals surface area contributed by atoms with E-state index in [4.69, 9.17) is 15.1 Å². The molecule has 3 saturated heterocycles. The van der Waals surface area contributed by atoms with E-state index in [2.05, 4.69) is 22.8 Å². The molecular weight excluding hydrogens is 602 g/mol. The van der Waals surface area contributed by atoms with Crippen LogP contribution in [0.3, 0.4) is 0 Å². The van der Waals surface area contributed by atoms with Gasteiger partial charge in [0.2, 0.25) is 16.0 Å². The van der Waals surface area contributed by atoms with Crippen LogP contribution in [0, 0.1) is 17.1 Å². The average molecular weight is 636 g/mol. The van der Waals surface area contributed by atoms with Crippen molar-refractivity contribution < 1.29 is 14.3 Å². The predicted octanol–water partition coefficient (Wildman–Crippen LogP) is 3.89. The van der Waals surface area contributed by atoms with Gasteiger partial charge in [0.25, 0.3) is 0 Å². The number of rotatable bonds is 7. The molecule has 6 heterocycles. The number of β-amino-alcohol motifs (C(OH)–C–C–N with tert-alkyl or cyclic N) is 1. The summed E-state index contributed by atoms with van der Waals surface area (Å²) in [5.41, 5.74) is 2.04. The summed E-state index contributed by atoms with van der Waals surface area (Å²) >= 11 is 2.85. The number of imidazole rings is 1. The maximum atomic E-state index is 13.5.